The maximum Gasteiger partial charge on any atom is 0.0546 e. The minimum atomic E-state index is -0.00533. The van der Waals surface area contributed by atoms with Crippen molar-refractivity contribution < 1.29 is 5.11 Å². The summed E-state index contributed by atoms with van der Waals surface area (Å²) < 4.78 is 0. The van der Waals surface area contributed by atoms with E-state index in [-0.39, 0.29) is 6.10 Å². The summed E-state index contributed by atoms with van der Waals surface area (Å²) in [6.07, 6.45) is 4.67. The van der Waals surface area contributed by atoms with Crippen LogP contribution in [-0.2, 0) is 0 Å². The van der Waals surface area contributed by atoms with Crippen molar-refractivity contribution in [1.29, 1.82) is 0 Å². The van der Waals surface area contributed by atoms with Crippen LogP contribution in [0.4, 0.5) is 0 Å². The van der Waals surface area contributed by atoms with Gasteiger partial charge in [-0.1, -0.05) is 20.8 Å². The van der Waals surface area contributed by atoms with Gasteiger partial charge in [0.1, 0.15) is 0 Å². The Morgan fingerprint density at radius 1 is 1.27 bits per heavy atom. The van der Waals surface area contributed by atoms with Gasteiger partial charge in [-0.05, 0) is 49.5 Å². The lowest BCUT2D eigenvalue weighted by atomic mass is 9.82. The fraction of sp³-hybridized carbons (Fsp3) is 1.00. The van der Waals surface area contributed by atoms with Crippen molar-refractivity contribution in [2.24, 2.45) is 17.3 Å². The van der Waals surface area contributed by atoms with Gasteiger partial charge in [-0.3, -0.25) is 0 Å². The molecule has 88 valence electrons. The number of hydrogen-bond donors (Lipinski definition) is 2. The molecule has 2 heteroatoms. The van der Waals surface area contributed by atoms with Crippen molar-refractivity contribution in [1.82, 2.24) is 5.32 Å². The van der Waals surface area contributed by atoms with E-state index in [9.17, 15) is 5.11 Å². The molecule has 0 saturated heterocycles. The lowest BCUT2D eigenvalue weighted by Crippen LogP contribution is -2.41. The Bertz CT molecular complexity index is 221. The highest BCUT2D eigenvalue weighted by molar-refractivity contribution is 4.92. The van der Waals surface area contributed by atoms with Gasteiger partial charge in [-0.15, -0.1) is 0 Å². The molecule has 15 heavy (non-hydrogen) atoms. The molecule has 0 radical (unpaired) electrons. The summed E-state index contributed by atoms with van der Waals surface area (Å²) >= 11 is 0. The smallest absolute Gasteiger partial charge is 0.0546 e. The highest BCUT2D eigenvalue weighted by atomic mass is 16.3. The number of nitrogens with one attached hydrogen (secondary N) is 1. The predicted molar refractivity (Wildman–Crippen MR) is 62.7 cm³/mol. The van der Waals surface area contributed by atoms with E-state index in [1.165, 1.54) is 12.8 Å². The monoisotopic (exact) mass is 211 g/mol. The van der Waals surface area contributed by atoms with Gasteiger partial charge in [0.2, 0.25) is 0 Å². The first-order valence-corrected chi connectivity index (χ1v) is 6.38. The van der Waals surface area contributed by atoms with E-state index >= 15 is 0 Å². The topological polar surface area (TPSA) is 32.3 Å². The third-order valence-electron chi connectivity index (χ3n) is 4.21. The summed E-state index contributed by atoms with van der Waals surface area (Å²) in [4.78, 5) is 0. The Labute approximate surface area is 93.5 Å². The minimum absolute atomic E-state index is 0.00533. The Morgan fingerprint density at radius 2 is 1.93 bits per heavy atom. The summed E-state index contributed by atoms with van der Waals surface area (Å²) in [7, 11) is 0. The van der Waals surface area contributed by atoms with Crippen molar-refractivity contribution in [3.8, 4) is 0 Å². The van der Waals surface area contributed by atoms with E-state index in [0.717, 1.165) is 31.2 Å². The van der Waals surface area contributed by atoms with Crippen LogP contribution in [0.1, 0.15) is 46.5 Å². The van der Waals surface area contributed by atoms with Crippen LogP contribution in [0, 0.1) is 17.3 Å². The van der Waals surface area contributed by atoms with E-state index in [2.05, 4.69) is 26.1 Å². The lowest BCUT2D eigenvalue weighted by Gasteiger charge is -2.33. The molecule has 0 bridgehead atoms. The number of hydrogen-bond acceptors (Lipinski definition) is 2. The molecule has 2 saturated carbocycles. The zero-order chi connectivity index (χ0) is 11.1. The van der Waals surface area contributed by atoms with E-state index in [0.29, 0.717) is 11.5 Å². The second kappa shape index (κ2) is 4.06. The molecule has 2 fully saturated rings. The van der Waals surface area contributed by atoms with E-state index in [4.69, 9.17) is 0 Å². The first-order chi connectivity index (χ1) is 6.96. The van der Waals surface area contributed by atoms with Crippen LogP contribution in [-0.4, -0.2) is 23.8 Å². The van der Waals surface area contributed by atoms with Gasteiger partial charge in [0.25, 0.3) is 0 Å². The van der Waals surface area contributed by atoms with Gasteiger partial charge in [-0.2, -0.15) is 0 Å². The van der Waals surface area contributed by atoms with Crippen molar-refractivity contribution in [3.05, 3.63) is 0 Å². The molecule has 0 aromatic rings. The first kappa shape index (κ1) is 11.4. The van der Waals surface area contributed by atoms with Crippen LogP contribution >= 0.6 is 0 Å². The van der Waals surface area contributed by atoms with Crippen molar-refractivity contribution >= 4 is 0 Å². The van der Waals surface area contributed by atoms with Crippen LogP contribution in [0.2, 0.25) is 0 Å². The maximum atomic E-state index is 9.22. The zero-order valence-electron chi connectivity index (χ0n) is 10.3. The van der Waals surface area contributed by atoms with Gasteiger partial charge in [0, 0.05) is 6.04 Å². The Kier molecular flexibility index (Phi) is 3.09. The Hall–Kier alpha value is -0.0800. The maximum absolute atomic E-state index is 9.22. The fourth-order valence-corrected chi connectivity index (χ4v) is 3.35. The number of aliphatic hydroxyl groups is 1. The number of rotatable bonds is 3. The second-order valence-corrected chi connectivity index (χ2v) is 6.56. The van der Waals surface area contributed by atoms with Gasteiger partial charge >= 0.3 is 0 Å². The van der Waals surface area contributed by atoms with Crippen LogP contribution in [0.5, 0.6) is 0 Å². The fourth-order valence-electron chi connectivity index (χ4n) is 3.35. The van der Waals surface area contributed by atoms with E-state index < -0.39 is 0 Å². The summed E-state index contributed by atoms with van der Waals surface area (Å²) in [6, 6.07) is 0.706. The number of aliphatic hydroxyl groups excluding tert-OH is 1. The molecule has 2 N–H and O–H groups in total. The van der Waals surface area contributed by atoms with Gasteiger partial charge < -0.3 is 10.4 Å². The molecule has 2 unspecified atom stereocenters. The van der Waals surface area contributed by atoms with Crippen LogP contribution in [0.25, 0.3) is 0 Å². The summed E-state index contributed by atoms with van der Waals surface area (Å²) in [6.45, 7) is 8.22. The first-order valence-electron chi connectivity index (χ1n) is 6.38. The molecule has 0 aliphatic heterocycles. The Morgan fingerprint density at radius 3 is 2.40 bits per heavy atom. The third-order valence-corrected chi connectivity index (χ3v) is 4.21. The summed E-state index contributed by atoms with van der Waals surface area (Å²) in [5.74, 6) is 1.54. The molecule has 0 aromatic carbocycles. The van der Waals surface area contributed by atoms with Crippen molar-refractivity contribution in [2.75, 3.05) is 6.54 Å². The summed E-state index contributed by atoms with van der Waals surface area (Å²) in [5, 5.41) is 12.9. The molecule has 0 amide bonds. The molecular weight excluding hydrogens is 186 g/mol. The predicted octanol–water partition coefficient (Wildman–Crippen LogP) is 2.17. The van der Waals surface area contributed by atoms with Crippen LogP contribution in [0.3, 0.4) is 0 Å². The third kappa shape index (κ3) is 2.73. The molecular formula is C13H25NO. The molecule has 0 aromatic heterocycles. The van der Waals surface area contributed by atoms with Gasteiger partial charge in [0.05, 0.1) is 6.10 Å². The molecule has 0 spiro atoms. The standard InChI is InChI=1S/C13H25NO/c1-9-6-13(2,3)7-12(9)14-8-10-4-11(15)5-10/h9-12,14-15H,4-8H2,1-3H3. The van der Waals surface area contributed by atoms with Crippen molar-refractivity contribution in [3.63, 3.8) is 0 Å². The minimum Gasteiger partial charge on any atom is -0.393 e. The van der Waals surface area contributed by atoms with Crippen molar-refractivity contribution in [2.45, 2.75) is 58.6 Å². The molecule has 2 rings (SSSR count). The van der Waals surface area contributed by atoms with E-state index in [1.54, 1.807) is 0 Å². The molecule has 0 heterocycles. The molecule has 2 aliphatic rings. The molecule has 2 aliphatic carbocycles. The average molecular weight is 211 g/mol. The van der Waals surface area contributed by atoms with Crippen LogP contribution < -0.4 is 5.32 Å². The zero-order valence-corrected chi connectivity index (χ0v) is 10.3. The largest absolute Gasteiger partial charge is 0.393 e. The molecule has 2 atom stereocenters. The van der Waals surface area contributed by atoms with Gasteiger partial charge in [0.15, 0.2) is 0 Å². The Balaban J connectivity index is 1.71. The summed E-state index contributed by atoms with van der Waals surface area (Å²) in [5.41, 5.74) is 0.524. The highest BCUT2D eigenvalue weighted by Crippen LogP contribution is 2.41. The SMILES string of the molecule is CC1CC(C)(C)CC1NCC1CC(O)C1. The normalized spacial score (nSPS) is 44.0. The van der Waals surface area contributed by atoms with Gasteiger partial charge in [-0.25, -0.2) is 0 Å². The lowest BCUT2D eigenvalue weighted by molar-refractivity contribution is 0.0413. The highest BCUT2D eigenvalue weighted by Gasteiger charge is 2.37. The quantitative estimate of drug-likeness (QED) is 0.750. The van der Waals surface area contributed by atoms with Crippen LogP contribution in [0.15, 0.2) is 0 Å². The second-order valence-electron chi connectivity index (χ2n) is 6.56. The molecule has 2 nitrogen and oxygen atoms in total. The average Bonchev–Trinajstić information content (AvgIpc) is 2.31. The van der Waals surface area contributed by atoms with E-state index in [1.807, 2.05) is 0 Å².